The van der Waals surface area contributed by atoms with Gasteiger partial charge >= 0.3 is 11.9 Å². The Morgan fingerprint density at radius 3 is 2.53 bits per heavy atom. The molecule has 1 saturated heterocycles. The number of carboxylic acids is 1. The van der Waals surface area contributed by atoms with Crippen LogP contribution in [0.15, 0.2) is 48.5 Å². The maximum Gasteiger partial charge on any atom is 0.338 e. The largest absolute Gasteiger partial charge is 0.478 e. The SMILES string of the molecule is CCOC(=O)c1ccc(N2CC(C(=O)NCc3cccc(C(=O)O)c3)CC2=O)cc1. The number of nitrogens with zero attached hydrogens (tertiary/aromatic N) is 1. The van der Waals surface area contributed by atoms with Crippen LogP contribution in [0.5, 0.6) is 0 Å². The van der Waals surface area contributed by atoms with Gasteiger partial charge in [0.1, 0.15) is 0 Å². The average molecular weight is 410 g/mol. The van der Waals surface area contributed by atoms with Crippen LogP contribution in [0.4, 0.5) is 5.69 Å². The van der Waals surface area contributed by atoms with Crippen molar-refractivity contribution in [2.75, 3.05) is 18.1 Å². The van der Waals surface area contributed by atoms with Crippen molar-refractivity contribution in [1.82, 2.24) is 5.32 Å². The zero-order valence-corrected chi connectivity index (χ0v) is 16.5. The van der Waals surface area contributed by atoms with E-state index >= 15 is 0 Å². The summed E-state index contributed by atoms with van der Waals surface area (Å²) in [5, 5.41) is 11.8. The van der Waals surface area contributed by atoms with Gasteiger partial charge in [0, 0.05) is 25.2 Å². The minimum absolute atomic E-state index is 0.0840. The summed E-state index contributed by atoms with van der Waals surface area (Å²) >= 11 is 0. The molecule has 0 spiro atoms. The molecule has 2 N–H and O–H groups in total. The minimum Gasteiger partial charge on any atom is -0.478 e. The van der Waals surface area contributed by atoms with Crippen molar-refractivity contribution >= 4 is 29.4 Å². The lowest BCUT2D eigenvalue weighted by atomic mass is 10.1. The fourth-order valence-corrected chi connectivity index (χ4v) is 3.27. The highest BCUT2D eigenvalue weighted by Gasteiger charge is 2.35. The van der Waals surface area contributed by atoms with E-state index in [-0.39, 0.29) is 43.5 Å². The van der Waals surface area contributed by atoms with Crippen LogP contribution in [0.1, 0.15) is 39.6 Å². The summed E-state index contributed by atoms with van der Waals surface area (Å²) in [6, 6.07) is 12.8. The topological polar surface area (TPSA) is 113 Å². The minimum atomic E-state index is -1.03. The first-order valence-corrected chi connectivity index (χ1v) is 9.56. The lowest BCUT2D eigenvalue weighted by Crippen LogP contribution is -2.32. The number of rotatable bonds is 7. The molecule has 8 nitrogen and oxygen atoms in total. The smallest absolute Gasteiger partial charge is 0.338 e. The molecule has 156 valence electrons. The summed E-state index contributed by atoms with van der Waals surface area (Å²) in [7, 11) is 0. The Morgan fingerprint density at radius 2 is 1.87 bits per heavy atom. The Kier molecular flexibility index (Phi) is 6.46. The molecule has 0 aliphatic carbocycles. The van der Waals surface area contributed by atoms with Crippen molar-refractivity contribution in [1.29, 1.82) is 0 Å². The number of carboxylic acid groups (broad SMARTS) is 1. The predicted molar refractivity (Wildman–Crippen MR) is 108 cm³/mol. The highest BCUT2D eigenvalue weighted by molar-refractivity contribution is 6.00. The maximum atomic E-state index is 12.5. The number of carbonyl (C=O) groups is 4. The molecule has 2 aromatic rings. The highest BCUT2D eigenvalue weighted by Crippen LogP contribution is 2.26. The molecule has 0 aromatic heterocycles. The van der Waals surface area contributed by atoms with Gasteiger partial charge in [-0.3, -0.25) is 9.59 Å². The molecule has 1 aliphatic rings. The predicted octanol–water partition coefficient (Wildman–Crippen LogP) is 2.23. The lowest BCUT2D eigenvalue weighted by Gasteiger charge is -2.17. The number of nitrogens with one attached hydrogen (secondary N) is 1. The fraction of sp³-hybridized carbons (Fsp3) is 0.273. The first kappa shape index (κ1) is 21.0. The molecular weight excluding hydrogens is 388 g/mol. The Morgan fingerprint density at radius 1 is 1.13 bits per heavy atom. The molecule has 1 aliphatic heterocycles. The lowest BCUT2D eigenvalue weighted by molar-refractivity contribution is -0.126. The van der Waals surface area contributed by atoms with E-state index in [0.29, 0.717) is 16.8 Å². The second-order valence-corrected chi connectivity index (χ2v) is 6.90. The Bertz CT molecular complexity index is 970. The number of esters is 1. The van der Waals surface area contributed by atoms with Crippen LogP contribution >= 0.6 is 0 Å². The van der Waals surface area contributed by atoms with Gasteiger partial charge in [-0.2, -0.15) is 0 Å². The van der Waals surface area contributed by atoms with Crippen molar-refractivity contribution in [2.45, 2.75) is 19.9 Å². The molecule has 1 heterocycles. The van der Waals surface area contributed by atoms with E-state index in [9.17, 15) is 19.2 Å². The van der Waals surface area contributed by atoms with E-state index in [4.69, 9.17) is 9.84 Å². The van der Waals surface area contributed by atoms with E-state index < -0.39 is 17.9 Å². The van der Waals surface area contributed by atoms with Gasteiger partial charge in [-0.25, -0.2) is 9.59 Å². The Hall–Kier alpha value is -3.68. The summed E-state index contributed by atoms with van der Waals surface area (Å²) in [5.74, 6) is -2.42. The number of hydrogen-bond donors (Lipinski definition) is 2. The number of carbonyl (C=O) groups excluding carboxylic acids is 3. The van der Waals surface area contributed by atoms with Crippen LogP contribution in [0.2, 0.25) is 0 Å². The third kappa shape index (κ3) is 4.83. The monoisotopic (exact) mass is 410 g/mol. The van der Waals surface area contributed by atoms with Crippen molar-refractivity contribution in [3.8, 4) is 0 Å². The molecule has 2 aromatic carbocycles. The molecule has 0 saturated carbocycles. The third-order valence-corrected chi connectivity index (χ3v) is 4.83. The van der Waals surface area contributed by atoms with Crippen molar-refractivity contribution in [3.63, 3.8) is 0 Å². The van der Waals surface area contributed by atoms with Crippen LogP contribution in [0.3, 0.4) is 0 Å². The summed E-state index contributed by atoms with van der Waals surface area (Å²) in [6.07, 6.45) is 0.0840. The van der Waals surface area contributed by atoms with Gasteiger partial charge in [-0.15, -0.1) is 0 Å². The first-order chi connectivity index (χ1) is 14.4. The van der Waals surface area contributed by atoms with E-state index in [2.05, 4.69) is 5.32 Å². The molecule has 3 rings (SSSR count). The summed E-state index contributed by atoms with van der Waals surface area (Å²) < 4.78 is 4.94. The number of amides is 2. The van der Waals surface area contributed by atoms with Gasteiger partial charge in [-0.05, 0) is 48.9 Å². The van der Waals surface area contributed by atoms with Gasteiger partial charge in [-0.1, -0.05) is 12.1 Å². The molecule has 1 atom stereocenters. The molecule has 0 bridgehead atoms. The summed E-state index contributed by atoms with van der Waals surface area (Å²) in [6.45, 7) is 2.42. The molecular formula is C22H22N2O6. The standard InChI is InChI=1S/C22H22N2O6/c1-2-30-22(29)15-6-8-18(9-7-15)24-13-17(11-19(24)25)20(26)23-12-14-4-3-5-16(10-14)21(27)28/h3-10,17H,2,11-13H2,1H3,(H,23,26)(H,27,28). The van der Waals surface area contributed by atoms with E-state index in [1.807, 2.05) is 0 Å². The molecule has 30 heavy (non-hydrogen) atoms. The normalized spacial score (nSPS) is 15.7. The van der Waals surface area contributed by atoms with E-state index in [0.717, 1.165) is 0 Å². The van der Waals surface area contributed by atoms with Crippen molar-refractivity contribution in [3.05, 3.63) is 65.2 Å². The Balaban J connectivity index is 1.59. The number of aromatic carboxylic acids is 1. The van der Waals surface area contributed by atoms with Gasteiger partial charge in [0.2, 0.25) is 11.8 Å². The second-order valence-electron chi connectivity index (χ2n) is 6.90. The number of benzene rings is 2. The molecule has 2 amide bonds. The first-order valence-electron chi connectivity index (χ1n) is 9.56. The van der Waals surface area contributed by atoms with E-state index in [1.165, 1.54) is 17.0 Å². The fourth-order valence-electron chi connectivity index (χ4n) is 3.27. The quantitative estimate of drug-likeness (QED) is 0.677. The summed E-state index contributed by atoms with van der Waals surface area (Å²) in [4.78, 5) is 49.2. The zero-order valence-electron chi connectivity index (χ0n) is 16.5. The van der Waals surface area contributed by atoms with Gasteiger partial charge in [0.15, 0.2) is 0 Å². The van der Waals surface area contributed by atoms with E-state index in [1.54, 1.807) is 43.3 Å². The third-order valence-electron chi connectivity index (χ3n) is 4.83. The van der Waals surface area contributed by atoms with Crippen LogP contribution in [0.25, 0.3) is 0 Å². The van der Waals surface area contributed by atoms with Crippen LogP contribution in [-0.4, -0.2) is 42.0 Å². The zero-order chi connectivity index (χ0) is 21.7. The second kappa shape index (κ2) is 9.21. The average Bonchev–Trinajstić information content (AvgIpc) is 3.14. The summed E-state index contributed by atoms with van der Waals surface area (Å²) in [5.41, 5.74) is 1.82. The van der Waals surface area contributed by atoms with Gasteiger partial charge in [0.25, 0.3) is 0 Å². The van der Waals surface area contributed by atoms with Crippen LogP contribution in [-0.2, 0) is 20.9 Å². The van der Waals surface area contributed by atoms with Gasteiger partial charge in [0.05, 0.1) is 23.7 Å². The van der Waals surface area contributed by atoms with Crippen LogP contribution < -0.4 is 10.2 Å². The number of hydrogen-bond acceptors (Lipinski definition) is 5. The molecule has 0 radical (unpaired) electrons. The number of anilines is 1. The van der Waals surface area contributed by atoms with Crippen LogP contribution in [0, 0.1) is 5.92 Å². The molecule has 8 heteroatoms. The molecule has 1 unspecified atom stereocenters. The van der Waals surface area contributed by atoms with Crippen molar-refractivity contribution < 1.29 is 29.0 Å². The maximum absolute atomic E-state index is 12.5. The highest BCUT2D eigenvalue weighted by atomic mass is 16.5. The Labute approximate surface area is 173 Å². The van der Waals surface area contributed by atoms with Crippen molar-refractivity contribution in [2.24, 2.45) is 5.92 Å². The van der Waals surface area contributed by atoms with Gasteiger partial charge < -0.3 is 20.1 Å². The number of ether oxygens (including phenoxy) is 1. The molecule has 1 fully saturated rings.